The van der Waals surface area contributed by atoms with E-state index in [0.29, 0.717) is 30.6 Å². The molecule has 3 heterocycles. The molecule has 3 rings (SSSR count). The van der Waals surface area contributed by atoms with Crippen molar-refractivity contribution in [3.8, 4) is 6.07 Å². The molecule has 0 unspecified atom stereocenters. The Morgan fingerprint density at radius 3 is 2.77 bits per heavy atom. The highest BCUT2D eigenvalue weighted by Gasteiger charge is 2.24. The molecule has 0 aliphatic carbocycles. The normalized spacial score (nSPS) is 15.3. The number of nitrogens with one attached hydrogen (secondary N) is 1. The fraction of sp³-hybridized carbons (Fsp3) is 0.312. The third-order valence-electron chi connectivity index (χ3n) is 3.76. The number of pyridine rings is 1. The second-order valence-electron chi connectivity index (χ2n) is 5.23. The second-order valence-corrected chi connectivity index (χ2v) is 5.23. The summed E-state index contributed by atoms with van der Waals surface area (Å²) in [7, 11) is 0. The van der Waals surface area contributed by atoms with Crippen LogP contribution in [-0.2, 0) is 0 Å². The summed E-state index contributed by atoms with van der Waals surface area (Å²) in [5.74, 6) is 0.339. The number of nitriles is 1. The van der Waals surface area contributed by atoms with Crippen LogP contribution in [0.3, 0.4) is 0 Å². The van der Waals surface area contributed by atoms with Crippen LogP contribution in [0.2, 0.25) is 0 Å². The number of hydrogen-bond donors (Lipinski definition) is 1. The maximum absolute atomic E-state index is 12.2. The summed E-state index contributed by atoms with van der Waals surface area (Å²) in [6, 6.07) is 9.26. The van der Waals surface area contributed by atoms with Gasteiger partial charge in [0, 0.05) is 19.1 Å². The van der Waals surface area contributed by atoms with Crippen molar-refractivity contribution in [1.82, 2.24) is 9.88 Å². The van der Waals surface area contributed by atoms with Gasteiger partial charge in [-0.2, -0.15) is 5.26 Å². The standard InChI is InChI=1S/C16H16N4O2/c17-10-13-3-4-14(11-18-13)19-12-5-7-20(8-6-12)16(21)15-2-1-9-22-15/h1-4,9,11-12,19H,5-8H2. The number of furan rings is 1. The average Bonchev–Trinajstić information content (AvgIpc) is 3.10. The highest BCUT2D eigenvalue weighted by atomic mass is 16.3. The van der Waals surface area contributed by atoms with E-state index in [-0.39, 0.29) is 5.91 Å². The summed E-state index contributed by atoms with van der Waals surface area (Å²) in [6.45, 7) is 1.39. The molecule has 1 aliphatic rings. The van der Waals surface area contributed by atoms with Crippen molar-refractivity contribution in [2.75, 3.05) is 18.4 Å². The number of hydrogen-bond acceptors (Lipinski definition) is 5. The fourth-order valence-electron chi connectivity index (χ4n) is 2.56. The van der Waals surface area contributed by atoms with Crippen LogP contribution in [-0.4, -0.2) is 34.9 Å². The molecule has 0 aromatic carbocycles. The van der Waals surface area contributed by atoms with Gasteiger partial charge in [0.15, 0.2) is 5.76 Å². The second kappa shape index (κ2) is 6.31. The Balaban J connectivity index is 1.53. The maximum atomic E-state index is 12.2. The molecule has 1 N–H and O–H groups in total. The smallest absolute Gasteiger partial charge is 0.289 e. The quantitative estimate of drug-likeness (QED) is 0.939. The number of rotatable bonds is 3. The van der Waals surface area contributed by atoms with E-state index in [9.17, 15) is 4.79 Å². The van der Waals surface area contributed by atoms with Crippen molar-refractivity contribution in [2.45, 2.75) is 18.9 Å². The van der Waals surface area contributed by atoms with Gasteiger partial charge in [-0.1, -0.05) is 0 Å². The van der Waals surface area contributed by atoms with Crippen LogP contribution in [0.25, 0.3) is 0 Å². The molecule has 2 aromatic heterocycles. The Morgan fingerprint density at radius 2 is 2.18 bits per heavy atom. The van der Waals surface area contributed by atoms with E-state index in [1.165, 1.54) is 6.26 Å². The van der Waals surface area contributed by atoms with Crippen LogP contribution in [0.5, 0.6) is 0 Å². The van der Waals surface area contributed by atoms with Gasteiger partial charge in [0.1, 0.15) is 11.8 Å². The van der Waals surface area contributed by atoms with E-state index < -0.39 is 0 Å². The van der Waals surface area contributed by atoms with E-state index >= 15 is 0 Å². The summed E-state index contributed by atoms with van der Waals surface area (Å²) in [6.07, 6.45) is 4.91. The zero-order chi connectivity index (χ0) is 15.4. The molecule has 0 atom stereocenters. The van der Waals surface area contributed by atoms with Crippen LogP contribution >= 0.6 is 0 Å². The first-order chi connectivity index (χ1) is 10.8. The van der Waals surface area contributed by atoms with E-state index in [1.54, 1.807) is 24.4 Å². The monoisotopic (exact) mass is 296 g/mol. The maximum Gasteiger partial charge on any atom is 0.289 e. The van der Waals surface area contributed by atoms with Gasteiger partial charge in [-0.15, -0.1) is 0 Å². The molecule has 1 fully saturated rings. The minimum Gasteiger partial charge on any atom is -0.459 e. The number of anilines is 1. The molecule has 1 aliphatic heterocycles. The first-order valence-electron chi connectivity index (χ1n) is 7.22. The lowest BCUT2D eigenvalue weighted by molar-refractivity contribution is 0.0686. The Bertz CT molecular complexity index is 665. The summed E-state index contributed by atoms with van der Waals surface area (Å²) in [4.78, 5) is 18.0. The van der Waals surface area contributed by atoms with Crippen molar-refractivity contribution in [2.24, 2.45) is 0 Å². The number of piperidine rings is 1. The minimum absolute atomic E-state index is 0.0523. The summed E-state index contributed by atoms with van der Waals surface area (Å²) in [5, 5.41) is 12.1. The van der Waals surface area contributed by atoms with E-state index in [0.717, 1.165) is 18.5 Å². The summed E-state index contributed by atoms with van der Waals surface area (Å²) in [5.41, 5.74) is 1.30. The molecule has 2 aromatic rings. The first-order valence-corrected chi connectivity index (χ1v) is 7.22. The highest BCUT2D eigenvalue weighted by Crippen LogP contribution is 2.18. The lowest BCUT2D eigenvalue weighted by Gasteiger charge is -2.32. The Morgan fingerprint density at radius 1 is 1.36 bits per heavy atom. The Hall–Kier alpha value is -2.81. The van der Waals surface area contributed by atoms with Crippen LogP contribution in [0.15, 0.2) is 41.1 Å². The van der Waals surface area contributed by atoms with Gasteiger partial charge in [0.2, 0.25) is 0 Å². The Kier molecular flexibility index (Phi) is 4.05. The molecule has 6 heteroatoms. The predicted molar refractivity (Wildman–Crippen MR) is 80.2 cm³/mol. The summed E-state index contributed by atoms with van der Waals surface area (Å²) < 4.78 is 5.15. The third kappa shape index (κ3) is 3.09. The van der Waals surface area contributed by atoms with Gasteiger partial charge in [0.25, 0.3) is 5.91 Å². The first kappa shape index (κ1) is 14.1. The zero-order valence-electron chi connectivity index (χ0n) is 12.0. The van der Waals surface area contributed by atoms with Crippen LogP contribution in [0.1, 0.15) is 29.1 Å². The lowest BCUT2D eigenvalue weighted by Crippen LogP contribution is -2.42. The molecule has 0 spiro atoms. The topological polar surface area (TPSA) is 82.2 Å². The van der Waals surface area contributed by atoms with E-state index in [1.807, 2.05) is 17.0 Å². The van der Waals surface area contributed by atoms with Crippen molar-refractivity contribution in [3.05, 3.63) is 48.2 Å². The number of carbonyl (C=O) groups excluding carboxylic acids is 1. The molecule has 0 bridgehead atoms. The predicted octanol–water partition coefficient (Wildman–Crippen LogP) is 2.26. The van der Waals surface area contributed by atoms with Crippen LogP contribution in [0.4, 0.5) is 5.69 Å². The van der Waals surface area contributed by atoms with E-state index in [2.05, 4.69) is 10.3 Å². The third-order valence-corrected chi connectivity index (χ3v) is 3.76. The number of carbonyl (C=O) groups is 1. The fourth-order valence-corrected chi connectivity index (χ4v) is 2.56. The lowest BCUT2D eigenvalue weighted by atomic mass is 10.0. The van der Waals surface area contributed by atoms with Crippen LogP contribution in [0, 0.1) is 11.3 Å². The minimum atomic E-state index is -0.0523. The molecule has 22 heavy (non-hydrogen) atoms. The average molecular weight is 296 g/mol. The molecule has 112 valence electrons. The SMILES string of the molecule is N#Cc1ccc(NC2CCN(C(=O)c3ccco3)CC2)cn1. The number of aromatic nitrogens is 1. The molecule has 1 amide bonds. The molecule has 0 radical (unpaired) electrons. The van der Waals surface area contributed by atoms with Crippen molar-refractivity contribution < 1.29 is 9.21 Å². The molecular formula is C16H16N4O2. The van der Waals surface area contributed by atoms with Gasteiger partial charge in [-0.25, -0.2) is 4.98 Å². The van der Waals surface area contributed by atoms with Crippen LogP contribution < -0.4 is 5.32 Å². The largest absolute Gasteiger partial charge is 0.459 e. The van der Waals surface area contributed by atoms with Crippen molar-refractivity contribution in [3.63, 3.8) is 0 Å². The summed E-state index contributed by atoms with van der Waals surface area (Å²) >= 11 is 0. The van der Waals surface area contributed by atoms with Gasteiger partial charge in [-0.3, -0.25) is 4.79 Å². The number of nitrogens with zero attached hydrogens (tertiary/aromatic N) is 3. The molecule has 0 saturated carbocycles. The number of likely N-dealkylation sites (tertiary alicyclic amines) is 1. The molecule has 1 saturated heterocycles. The zero-order valence-corrected chi connectivity index (χ0v) is 12.0. The molecular weight excluding hydrogens is 280 g/mol. The number of amides is 1. The molecule has 6 nitrogen and oxygen atoms in total. The van der Waals surface area contributed by atoms with Crippen molar-refractivity contribution in [1.29, 1.82) is 5.26 Å². The van der Waals surface area contributed by atoms with E-state index in [4.69, 9.17) is 9.68 Å². The Labute approximate surface area is 128 Å². The van der Waals surface area contributed by atoms with Gasteiger partial charge < -0.3 is 14.6 Å². The van der Waals surface area contributed by atoms with Crippen molar-refractivity contribution >= 4 is 11.6 Å². The van der Waals surface area contributed by atoms with Gasteiger partial charge >= 0.3 is 0 Å². The van der Waals surface area contributed by atoms with Gasteiger partial charge in [-0.05, 0) is 37.1 Å². The van der Waals surface area contributed by atoms with Gasteiger partial charge in [0.05, 0.1) is 18.1 Å². The highest BCUT2D eigenvalue weighted by molar-refractivity contribution is 5.91.